The van der Waals surface area contributed by atoms with Crippen LogP contribution >= 0.6 is 34.7 Å². The number of hydrogen-bond acceptors (Lipinski definition) is 6. The number of anilines is 1. The molecule has 124 valence electrons. The SMILES string of the molecule is Cc1cc(O[C@@H](C)C(=O)Nc2nnc(SC(C)C)s2)ccc1Cl. The number of ether oxygens (including phenoxy) is 1. The third-order valence-corrected chi connectivity index (χ3v) is 5.14. The quantitative estimate of drug-likeness (QED) is 0.602. The standard InChI is InChI=1S/C15H18ClN3O2S2/c1-8(2)22-15-19-18-14(23-15)17-13(20)10(4)21-11-5-6-12(16)9(3)7-11/h5-8,10H,1-4H3,(H,17,18,20)/t10-/m0/s1. The highest BCUT2D eigenvalue weighted by Gasteiger charge is 2.17. The van der Waals surface area contributed by atoms with Crippen molar-refractivity contribution in [2.45, 2.75) is 43.4 Å². The molecule has 1 N–H and O–H groups in total. The van der Waals surface area contributed by atoms with Crippen LogP contribution in [0.5, 0.6) is 5.75 Å². The van der Waals surface area contributed by atoms with E-state index in [1.165, 1.54) is 11.3 Å². The van der Waals surface area contributed by atoms with Crippen molar-refractivity contribution in [3.63, 3.8) is 0 Å². The van der Waals surface area contributed by atoms with Gasteiger partial charge in [-0.2, -0.15) is 0 Å². The van der Waals surface area contributed by atoms with E-state index in [-0.39, 0.29) is 5.91 Å². The fourth-order valence-corrected chi connectivity index (χ4v) is 3.76. The zero-order chi connectivity index (χ0) is 17.0. The first kappa shape index (κ1) is 18.0. The summed E-state index contributed by atoms with van der Waals surface area (Å²) in [6.07, 6.45) is -0.652. The molecule has 8 heteroatoms. The number of aromatic nitrogens is 2. The maximum absolute atomic E-state index is 12.2. The van der Waals surface area contributed by atoms with Crippen LogP contribution in [0.4, 0.5) is 5.13 Å². The van der Waals surface area contributed by atoms with E-state index in [0.29, 0.717) is 21.2 Å². The van der Waals surface area contributed by atoms with Crippen LogP contribution in [0.3, 0.4) is 0 Å². The van der Waals surface area contributed by atoms with Crippen LogP contribution in [-0.4, -0.2) is 27.5 Å². The number of benzene rings is 1. The van der Waals surface area contributed by atoms with Crippen LogP contribution in [0.25, 0.3) is 0 Å². The summed E-state index contributed by atoms with van der Waals surface area (Å²) in [5.74, 6) is 0.331. The van der Waals surface area contributed by atoms with Gasteiger partial charge in [-0.3, -0.25) is 10.1 Å². The lowest BCUT2D eigenvalue weighted by molar-refractivity contribution is -0.122. The number of hydrogen-bond donors (Lipinski definition) is 1. The zero-order valence-electron chi connectivity index (χ0n) is 13.3. The van der Waals surface area contributed by atoms with Crippen molar-refractivity contribution in [2.24, 2.45) is 0 Å². The number of carbonyl (C=O) groups excluding carboxylic acids is 1. The van der Waals surface area contributed by atoms with Gasteiger partial charge in [0, 0.05) is 10.3 Å². The molecule has 5 nitrogen and oxygen atoms in total. The first-order valence-corrected chi connectivity index (χ1v) is 9.16. The Labute approximate surface area is 148 Å². The number of thioether (sulfide) groups is 1. The molecular weight excluding hydrogens is 354 g/mol. The zero-order valence-corrected chi connectivity index (χ0v) is 15.7. The molecule has 0 bridgehead atoms. The van der Waals surface area contributed by atoms with Crippen molar-refractivity contribution < 1.29 is 9.53 Å². The van der Waals surface area contributed by atoms with Crippen molar-refractivity contribution in [2.75, 3.05) is 5.32 Å². The molecule has 2 aromatic rings. The average Bonchev–Trinajstić information content (AvgIpc) is 2.89. The highest BCUT2D eigenvalue weighted by molar-refractivity contribution is 8.01. The van der Waals surface area contributed by atoms with Crippen LogP contribution in [0.15, 0.2) is 22.5 Å². The van der Waals surface area contributed by atoms with Gasteiger partial charge < -0.3 is 4.74 Å². The second-order valence-electron chi connectivity index (χ2n) is 5.20. The first-order valence-electron chi connectivity index (χ1n) is 7.09. The molecule has 1 atom stereocenters. The van der Waals surface area contributed by atoms with Gasteiger partial charge in [-0.1, -0.05) is 48.5 Å². The number of carbonyl (C=O) groups is 1. The van der Waals surface area contributed by atoms with Crippen molar-refractivity contribution in [3.05, 3.63) is 28.8 Å². The molecule has 1 amide bonds. The summed E-state index contributed by atoms with van der Waals surface area (Å²) in [6.45, 7) is 7.72. The number of rotatable bonds is 6. The summed E-state index contributed by atoms with van der Waals surface area (Å²) in [7, 11) is 0. The van der Waals surface area contributed by atoms with E-state index >= 15 is 0 Å². The second kappa shape index (κ2) is 7.99. The highest BCUT2D eigenvalue weighted by Crippen LogP contribution is 2.28. The normalized spacial score (nSPS) is 12.3. The summed E-state index contributed by atoms with van der Waals surface area (Å²) in [5, 5.41) is 12.3. The molecule has 2 rings (SSSR count). The summed E-state index contributed by atoms with van der Waals surface area (Å²) in [4.78, 5) is 12.2. The van der Waals surface area contributed by atoms with Crippen LogP contribution in [-0.2, 0) is 4.79 Å². The molecule has 0 aliphatic rings. The van der Waals surface area contributed by atoms with Gasteiger partial charge in [-0.25, -0.2) is 0 Å². The predicted octanol–water partition coefficient (Wildman–Crippen LogP) is 4.41. The van der Waals surface area contributed by atoms with Gasteiger partial charge in [0.05, 0.1) is 0 Å². The molecule has 0 aliphatic carbocycles. The molecule has 1 aromatic carbocycles. The van der Waals surface area contributed by atoms with Crippen molar-refractivity contribution in [1.82, 2.24) is 10.2 Å². The van der Waals surface area contributed by atoms with Gasteiger partial charge >= 0.3 is 0 Å². The number of aryl methyl sites for hydroxylation is 1. The summed E-state index contributed by atoms with van der Waals surface area (Å²) < 4.78 is 6.47. The molecule has 0 aliphatic heterocycles. The minimum absolute atomic E-state index is 0.269. The lowest BCUT2D eigenvalue weighted by Gasteiger charge is -2.14. The average molecular weight is 372 g/mol. The fourth-order valence-electron chi connectivity index (χ4n) is 1.66. The molecule has 0 radical (unpaired) electrons. The van der Waals surface area contributed by atoms with Crippen LogP contribution in [0.2, 0.25) is 5.02 Å². The predicted molar refractivity (Wildman–Crippen MR) is 95.8 cm³/mol. The Bertz CT molecular complexity index is 691. The second-order valence-corrected chi connectivity index (χ2v) is 8.41. The monoisotopic (exact) mass is 371 g/mol. The molecule has 0 saturated heterocycles. The Hall–Kier alpha value is -1.31. The molecule has 0 spiro atoms. The van der Waals surface area contributed by atoms with Crippen molar-refractivity contribution in [1.29, 1.82) is 0 Å². The van der Waals surface area contributed by atoms with E-state index in [0.717, 1.165) is 9.90 Å². The van der Waals surface area contributed by atoms with E-state index in [1.54, 1.807) is 36.9 Å². The Balaban J connectivity index is 1.94. The molecule has 0 saturated carbocycles. The van der Waals surface area contributed by atoms with E-state index in [2.05, 4.69) is 29.4 Å². The topological polar surface area (TPSA) is 64.1 Å². The summed E-state index contributed by atoms with van der Waals surface area (Å²) in [5.41, 5.74) is 0.899. The van der Waals surface area contributed by atoms with E-state index < -0.39 is 6.10 Å². The third-order valence-electron chi connectivity index (χ3n) is 2.78. The van der Waals surface area contributed by atoms with Crippen LogP contribution < -0.4 is 10.1 Å². The van der Waals surface area contributed by atoms with Crippen molar-refractivity contribution >= 4 is 45.7 Å². The van der Waals surface area contributed by atoms with Crippen molar-refractivity contribution in [3.8, 4) is 5.75 Å². The summed E-state index contributed by atoms with van der Waals surface area (Å²) >= 11 is 8.94. The van der Waals surface area contributed by atoms with Gasteiger partial charge in [0.15, 0.2) is 10.4 Å². The molecule has 1 heterocycles. The lowest BCUT2D eigenvalue weighted by atomic mass is 10.2. The van der Waals surface area contributed by atoms with Gasteiger partial charge in [0.25, 0.3) is 5.91 Å². The Morgan fingerprint density at radius 3 is 2.74 bits per heavy atom. The number of nitrogens with one attached hydrogen (secondary N) is 1. The Morgan fingerprint density at radius 2 is 2.09 bits per heavy atom. The van der Waals surface area contributed by atoms with Crippen LogP contribution in [0, 0.1) is 6.92 Å². The minimum atomic E-state index is -0.652. The molecular formula is C15H18ClN3O2S2. The largest absolute Gasteiger partial charge is 0.481 e. The smallest absolute Gasteiger partial charge is 0.266 e. The van der Waals surface area contributed by atoms with Gasteiger partial charge in [-0.05, 0) is 37.6 Å². The Morgan fingerprint density at radius 1 is 1.35 bits per heavy atom. The fraction of sp³-hybridized carbons (Fsp3) is 0.400. The minimum Gasteiger partial charge on any atom is -0.481 e. The van der Waals surface area contributed by atoms with Gasteiger partial charge in [0.2, 0.25) is 5.13 Å². The third kappa shape index (κ3) is 5.37. The first-order chi connectivity index (χ1) is 10.8. The summed E-state index contributed by atoms with van der Waals surface area (Å²) in [6, 6.07) is 5.28. The number of amides is 1. The van der Waals surface area contributed by atoms with Gasteiger partial charge in [-0.15, -0.1) is 10.2 Å². The lowest BCUT2D eigenvalue weighted by Crippen LogP contribution is -2.30. The molecule has 0 fully saturated rings. The van der Waals surface area contributed by atoms with E-state index in [9.17, 15) is 4.79 Å². The van der Waals surface area contributed by atoms with E-state index in [4.69, 9.17) is 16.3 Å². The maximum Gasteiger partial charge on any atom is 0.266 e. The molecule has 0 unspecified atom stereocenters. The van der Waals surface area contributed by atoms with Gasteiger partial charge in [0.1, 0.15) is 5.75 Å². The van der Waals surface area contributed by atoms with Crippen LogP contribution in [0.1, 0.15) is 26.3 Å². The maximum atomic E-state index is 12.2. The highest BCUT2D eigenvalue weighted by atomic mass is 35.5. The Kier molecular flexibility index (Phi) is 6.26. The van der Waals surface area contributed by atoms with E-state index in [1.807, 2.05) is 6.92 Å². The molecule has 23 heavy (non-hydrogen) atoms. The number of nitrogens with zero attached hydrogens (tertiary/aromatic N) is 2. The number of halogens is 1. The molecule has 1 aromatic heterocycles.